The molecule has 130 valence electrons. The van der Waals surface area contributed by atoms with Gasteiger partial charge in [0, 0.05) is 37.0 Å². The largest absolute Gasteiger partial charge is 0.312 e. The molecule has 0 spiro atoms. The van der Waals surface area contributed by atoms with Crippen molar-refractivity contribution in [2.24, 2.45) is 5.73 Å². The van der Waals surface area contributed by atoms with Crippen LogP contribution in [0.5, 0.6) is 0 Å². The lowest BCUT2D eigenvalue weighted by molar-refractivity contribution is 0.547. The van der Waals surface area contributed by atoms with Crippen molar-refractivity contribution in [3.8, 4) is 0 Å². The van der Waals surface area contributed by atoms with Crippen molar-refractivity contribution >= 4 is 19.7 Å². The monoisotopic (exact) mass is 370 g/mol. The molecule has 1 atom stereocenters. The van der Waals surface area contributed by atoms with Gasteiger partial charge in [0.25, 0.3) is 0 Å². The van der Waals surface area contributed by atoms with Gasteiger partial charge in [0.05, 0.1) is 6.17 Å². The van der Waals surface area contributed by atoms with Crippen LogP contribution in [0, 0.1) is 0 Å². The summed E-state index contributed by atoms with van der Waals surface area (Å²) in [6.07, 6.45) is 4.48. The maximum atomic E-state index is 11.4. The Kier molecular flexibility index (Phi) is 5.33. The molecule has 2 heterocycles. The molecule has 0 aliphatic rings. The molecule has 0 bridgehead atoms. The predicted molar refractivity (Wildman–Crippen MR) is 88.5 cm³/mol. The number of hydrogen-bond acceptors (Lipinski definition) is 8. The molecule has 0 aromatic carbocycles. The lowest BCUT2D eigenvalue weighted by Crippen LogP contribution is -2.28. The molecule has 24 heavy (non-hydrogen) atoms. The summed E-state index contributed by atoms with van der Waals surface area (Å²) >= 11 is 0. The SMILES string of the molecule is CS(=O)(=O)c1ccc(CNC(N)c2ccc(S(C)(=O)=O)nc2)cn1. The fourth-order valence-corrected chi connectivity index (χ4v) is 2.99. The molecule has 0 saturated heterocycles. The van der Waals surface area contributed by atoms with E-state index in [9.17, 15) is 16.8 Å². The Balaban J connectivity index is 2.01. The third-order valence-corrected chi connectivity index (χ3v) is 5.20. The van der Waals surface area contributed by atoms with Crippen LogP contribution in [0.1, 0.15) is 17.3 Å². The summed E-state index contributed by atoms with van der Waals surface area (Å²) in [6, 6.07) is 6.06. The lowest BCUT2D eigenvalue weighted by atomic mass is 10.2. The van der Waals surface area contributed by atoms with Crippen LogP contribution in [0.3, 0.4) is 0 Å². The van der Waals surface area contributed by atoms with Crippen molar-refractivity contribution in [1.82, 2.24) is 15.3 Å². The fourth-order valence-electron chi connectivity index (χ4n) is 1.88. The summed E-state index contributed by atoms with van der Waals surface area (Å²) in [5.41, 5.74) is 7.37. The Bertz CT molecular complexity index is 908. The summed E-state index contributed by atoms with van der Waals surface area (Å²) in [5, 5.41) is 3.03. The van der Waals surface area contributed by atoms with E-state index in [-0.39, 0.29) is 10.1 Å². The van der Waals surface area contributed by atoms with Gasteiger partial charge >= 0.3 is 0 Å². The first-order valence-electron chi connectivity index (χ1n) is 6.87. The van der Waals surface area contributed by atoms with Crippen LogP contribution >= 0.6 is 0 Å². The van der Waals surface area contributed by atoms with Crippen molar-refractivity contribution < 1.29 is 16.8 Å². The van der Waals surface area contributed by atoms with Crippen LogP contribution in [-0.4, -0.2) is 39.3 Å². The minimum absolute atomic E-state index is 0.0103. The predicted octanol–water partition coefficient (Wildman–Crippen LogP) is 0.0307. The molecule has 0 aliphatic heterocycles. The Hall–Kier alpha value is -1.88. The first kappa shape index (κ1) is 18.5. The van der Waals surface area contributed by atoms with E-state index in [2.05, 4.69) is 15.3 Å². The van der Waals surface area contributed by atoms with Gasteiger partial charge in [0.15, 0.2) is 29.7 Å². The van der Waals surface area contributed by atoms with Gasteiger partial charge < -0.3 is 5.73 Å². The maximum absolute atomic E-state index is 11.4. The molecular formula is C14H18N4O4S2. The second kappa shape index (κ2) is 6.93. The first-order chi connectivity index (χ1) is 11.1. The fraction of sp³-hybridized carbons (Fsp3) is 0.286. The number of sulfone groups is 2. The zero-order valence-electron chi connectivity index (χ0n) is 13.2. The molecule has 2 aromatic rings. The standard InChI is InChI=1S/C14H18N4O4S2/c1-23(19,20)12-5-3-10(7-16-12)8-18-14(15)11-4-6-13(17-9-11)24(2,21)22/h3-7,9,14,18H,8,15H2,1-2H3. The quantitative estimate of drug-likeness (QED) is 0.681. The van der Waals surface area contributed by atoms with Crippen molar-refractivity contribution in [3.05, 3.63) is 47.8 Å². The lowest BCUT2D eigenvalue weighted by Gasteiger charge is -2.14. The van der Waals surface area contributed by atoms with E-state index in [1.54, 1.807) is 12.1 Å². The normalized spacial score (nSPS) is 13.6. The molecule has 8 nitrogen and oxygen atoms in total. The zero-order valence-corrected chi connectivity index (χ0v) is 14.8. The third-order valence-electron chi connectivity index (χ3n) is 3.20. The van der Waals surface area contributed by atoms with Gasteiger partial charge in [0.2, 0.25) is 0 Å². The van der Waals surface area contributed by atoms with Gasteiger partial charge in [-0.2, -0.15) is 0 Å². The van der Waals surface area contributed by atoms with Gasteiger partial charge in [-0.15, -0.1) is 0 Å². The third kappa shape index (κ3) is 4.81. The van der Waals surface area contributed by atoms with E-state index in [0.717, 1.165) is 18.1 Å². The number of pyridine rings is 2. The molecule has 0 radical (unpaired) electrons. The summed E-state index contributed by atoms with van der Waals surface area (Å²) in [6.45, 7) is 0.367. The van der Waals surface area contributed by atoms with Gasteiger partial charge in [-0.1, -0.05) is 12.1 Å². The summed E-state index contributed by atoms with van der Waals surface area (Å²) in [4.78, 5) is 7.77. The molecule has 0 fully saturated rings. The van der Waals surface area contributed by atoms with E-state index in [4.69, 9.17) is 5.73 Å². The summed E-state index contributed by atoms with van der Waals surface area (Å²) in [7, 11) is -6.67. The molecule has 1 unspecified atom stereocenters. The van der Waals surface area contributed by atoms with Gasteiger partial charge in [-0.3, -0.25) is 5.32 Å². The van der Waals surface area contributed by atoms with Gasteiger partial charge in [-0.05, 0) is 17.7 Å². The molecule has 2 rings (SSSR count). The minimum Gasteiger partial charge on any atom is -0.312 e. The second-order valence-electron chi connectivity index (χ2n) is 5.34. The highest BCUT2D eigenvalue weighted by molar-refractivity contribution is 7.90. The van der Waals surface area contributed by atoms with Crippen molar-refractivity contribution in [2.45, 2.75) is 22.8 Å². The van der Waals surface area contributed by atoms with Gasteiger partial charge in [0.1, 0.15) is 0 Å². The number of nitrogens with one attached hydrogen (secondary N) is 1. The Morgan fingerprint density at radius 1 is 0.958 bits per heavy atom. The van der Waals surface area contributed by atoms with E-state index >= 15 is 0 Å². The van der Waals surface area contributed by atoms with E-state index in [0.29, 0.717) is 12.1 Å². The molecule has 3 N–H and O–H groups in total. The summed E-state index contributed by atoms with van der Waals surface area (Å²) < 4.78 is 45.4. The van der Waals surface area contributed by atoms with Crippen LogP contribution in [0.4, 0.5) is 0 Å². The number of rotatable bonds is 6. The summed E-state index contributed by atoms with van der Waals surface area (Å²) in [5.74, 6) is 0. The van der Waals surface area contributed by atoms with Crippen LogP contribution in [0.25, 0.3) is 0 Å². The number of nitrogens with zero attached hydrogens (tertiary/aromatic N) is 2. The second-order valence-corrected chi connectivity index (χ2v) is 9.26. The van der Waals surface area contributed by atoms with Crippen LogP contribution in [-0.2, 0) is 26.2 Å². The van der Waals surface area contributed by atoms with Crippen molar-refractivity contribution in [1.29, 1.82) is 0 Å². The average Bonchev–Trinajstić information content (AvgIpc) is 2.51. The number of nitrogens with two attached hydrogens (primary N) is 1. The van der Waals surface area contributed by atoms with Crippen LogP contribution in [0.2, 0.25) is 0 Å². The highest BCUT2D eigenvalue weighted by Crippen LogP contribution is 2.12. The van der Waals surface area contributed by atoms with Crippen LogP contribution < -0.4 is 11.1 Å². The average molecular weight is 370 g/mol. The topological polar surface area (TPSA) is 132 Å². The zero-order chi connectivity index (χ0) is 18.0. The van der Waals surface area contributed by atoms with E-state index < -0.39 is 25.8 Å². The van der Waals surface area contributed by atoms with E-state index in [1.165, 1.54) is 24.5 Å². The molecule has 0 amide bonds. The maximum Gasteiger partial charge on any atom is 0.192 e. The molecule has 10 heteroatoms. The van der Waals surface area contributed by atoms with E-state index in [1.807, 2.05) is 0 Å². The highest BCUT2D eigenvalue weighted by Gasteiger charge is 2.12. The molecule has 0 aliphatic carbocycles. The van der Waals surface area contributed by atoms with Crippen LogP contribution in [0.15, 0.2) is 46.7 Å². The Morgan fingerprint density at radius 2 is 1.50 bits per heavy atom. The van der Waals surface area contributed by atoms with Gasteiger partial charge in [-0.25, -0.2) is 26.8 Å². The number of hydrogen-bond donors (Lipinski definition) is 2. The van der Waals surface area contributed by atoms with Crippen molar-refractivity contribution in [2.75, 3.05) is 12.5 Å². The Labute approximate surface area is 141 Å². The molecule has 0 saturated carbocycles. The highest BCUT2D eigenvalue weighted by atomic mass is 32.2. The first-order valence-corrected chi connectivity index (χ1v) is 10.7. The molecule has 2 aromatic heterocycles. The number of aromatic nitrogens is 2. The van der Waals surface area contributed by atoms with Crippen molar-refractivity contribution in [3.63, 3.8) is 0 Å². The Morgan fingerprint density at radius 3 is 1.92 bits per heavy atom. The molecular weight excluding hydrogens is 352 g/mol. The minimum atomic E-state index is -3.35. The smallest absolute Gasteiger partial charge is 0.192 e.